The van der Waals surface area contributed by atoms with Crippen LogP contribution in [0.1, 0.15) is 10.4 Å². The van der Waals surface area contributed by atoms with Crippen molar-refractivity contribution in [2.45, 2.75) is 0 Å². The van der Waals surface area contributed by atoms with Gasteiger partial charge >= 0.3 is 0 Å². The quantitative estimate of drug-likeness (QED) is 0.894. The fraction of sp³-hybridized carbons (Fsp3) is 0.562. The predicted octanol–water partition coefficient (Wildman–Crippen LogP) is 1.25. The summed E-state index contributed by atoms with van der Waals surface area (Å²) in [5.74, 6) is -0.952. The van der Waals surface area contributed by atoms with Crippen molar-refractivity contribution in [1.82, 2.24) is 9.80 Å². The van der Waals surface area contributed by atoms with Crippen LogP contribution in [0.4, 0.5) is 4.39 Å². The van der Waals surface area contributed by atoms with Crippen molar-refractivity contribution in [3.63, 3.8) is 0 Å². The molecule has 0 radical (unpaired) electrons. The van der Waals surface area contributed by atoms with Gasteiger partial charge in [0.15, 0.2) is 0 Å². The molecule has 1 aromatic rings. The summed E-state index contributed by atoms with van der Waals surface area (Å²) in [4.78, 5) is 16.3. The standard InChI is InChI=1S/C16H20ClFN2O3/c17-12-2-1-3-13(18)14(12)15(22)20-6-4-19(5-7-20)8-16(9-21)10-23-11-16/h1-3,21H,4-11H2. The molecular formula is C16H20ClFN2O3. The largest absolute Gasteiger partial charge is 0.396 e. The van der Waals surface area contributed by atoms with Gasteiger partial charge in [-0.05, 0) is 12.1 Å². The number of ether oxygens (including phenoxy) is 1. The molecule has 0 spiro atoms. The number of rotatable bonds is 4. The molecule has 2 aliphatic rings. The molecule has 3 rings (SSSR count). The van der Waals surface area contributed by atoms with E-state index in [0.29, 0.717) is 39.4 Å². The molecule has 1 aromatic carbocycles. The van der Waals surface area contributed by atoms with Gasteiger partial charge < -0.3 is 14.7 Å². The Labute approximate surface area is 139 Å². The third kappa shape index (κ3) is 3.35. The van der Waals surface area contributed by atoms with Gasteiger partial charge in [-0.2, -0.15) is 0 Å². The van der Waals surface area contributed by atoms with Gasteiger partial charge in [-0.1, -0.05) is 17.7 Å². The van der Waals surface area contributed by atoms with E-state index in [0.717, 1.165) is 6.54 Å². The van der Waals surface area contributed by atoms with Gasteiger partial charge in [0.2, 0.25) is 0 Å². The average molecular weight is 343 g/mol. The molecule has 0 saturated carbocycles. The van der Waals surface area contributed by atoms with E-state index in [1.165, 1.54) is 18.2 Å². The normalized spacial score (nSPS) is 21.1. The van der Waals surface area contributed by atoms with Crippen LogP contribution in [0.15, 0.2) is 18.2 Å². The van der Waals surface area contributed by atoms with Crippen molar-refractivity contribution in [3.8, 4) is 0 Å². The predicted molar refractivity (Wildman–Crippen MR) is 84.1 cm³/mol. The van der Waals surface area contributed by atoms with E-state index in [2.05, 4.69) is 4.90 Å². The molecule has 2 fully saturated rings. The number of carbonyl (C=O) groups is 1. The van der Waals surface area contributed by atoms with Crippen molar-refractivity contribution < 1.29 is 19.0 Å². The Balaban J connectivity index is 1.59. The smallest absolute Gasteiger partial charge is 0.258 e. The lowest BCUT2D eigenvalue weighted by Gasteiger charge is -2.45. The van der Waals surface area contributed by atoms with Gasteiger partial charge in [0.1, 0.15) is 5.82 Å². The monoisotopic (exact) mass is 342 g/mol. The van der Waals surface area contributed by atoms with Crippen molar-refractivity contribution in [2.75, 3.05) is 52.5 Å². The first-order valence-corrected chi connectivity index (χ1v) is 8.07. The van der Waals surface area contributed by atoms with Crippen molar-refractivity contribution in [2.24, 2.45) is 5.41 Å². The summed E-state index contributed by atoms with van der Waals surface area (Å²) >= 11 is 5.97. The van der Waals surface area contributed by atoms with E-state index in [1.54, 1.807) is 4.90 Å². The number of nitrogens with zero attached hydrogens (tertiary/aromatic N) is 2. The van der Waals surface area contributed by atoms with Crippen LogP contribution in [0.25, 0.3) is 0 Å². The first kappa shape index (κ1) is 16.6. The van der Waals surface area contributed by atoms with Crippen LogP contribution in [0.5, 0.6) is 0 Å². The van der Waals surface area contributed by atoms with Crippen LogP contribution in [0.2, 0.25) is 5.02 Å². The lowest BCUT2D eigenvalue weighted by atomic mass is 9.86. The van der Waals surface area contributed by atoms with E-state index in [4.69, 9.17) is 16.3 Å². The van der Waals surface area contributed by atoms with Gasteiger partial charge in [0.25, 0.3) is 5.91 Å². The number of benzene rings is 1. The fourth-order valence-corrected chi connectivity index (χ4v) is 3.31. The molecule has 0 bridgehead atoms. The molecule has 2 aliphatic heterocycles. The molecule has 0 aromatic heterocycles. The van der Waals surface area contributed by atoms with E-state index in [9.17, 15) is 14.3 Å². The molecule has 23 heavy (non-hydrogen) atoms. The minimum atomic E-state index is -0.587. The minimum absolute atomic E-state index is 0.0539. The third-order valence-electron chi connectivity index (χ3n) is 4.55. The Morgan fingerprint density at radius 3 is 2.52 bits per heavy atom. The molecule has 2 heterocycles. The van der Waals surface area contributed by atoms with Gasteiger partial charge in [0.05, 0.1) is 35.8 Å². The third-order valence-corrected chi connectivity index (χ3v) is 4.86. The Morgan fingerprint density at radius 1 is 1.30 bits per heavy atom. The number of piperazine rings is 1. The summed E-state index contributed by atoms with van der Waals surface area (Å²) < 4.78 is 19.1. The second-order valence-electron chi connectivity index (χ2n) is 6.32. The van der Waals surface area contributed by atoms with E-state index < -0.39 is 5.82 Å². The molecule has 126 valence electrons. The molecule has 2 saturated heterocycles. The summed E-state index contributed by atoms with van der Waals surface area (Å²) in [5.41, 5.74) is -0.220. The molecule has 0 aliphatic carbocycles. The van der Waals surface area contributed by atoms with E-state index >= 15 is 0 Å². The highest BCUT2D eigenvalue weighted by atomic mass is 35.5. The summed E-state index contributed by atoms with van der Waals surface area (Å²) in [7, 11) is 0. The highest BCUT2D eigenvalue weighted by Crippen LogP contribution is 2.28. The van der Waals surface area contributed by atoms with E-state index in [1.807, 2.05) is 0 Å². The van der Waals surface area contributed by atoms with Crippen LogP contribution in [0, 0.1) is 11.2 Å². The second kappa shape index (κ2) is 6.73. The van der Waals surface area contributed by atoms with Crippen LogP contribution in [0.3, 0.4) is 0 Å². The molecule has 5 nitrogen and oxygen atoms in total. The van der Waals surface area contributed by atoms with Crippen LogP contribution >= 0.6 is 11.6 Å². The zero-order valence-corrected chi connectivity index (χ0v) is 13.6. The maximum absolute atomic E-state index is 13.9. The van der Waals surface area contributed by atoms with Crippen molar-refractivity contribution in [3.05, 3.63) is 34.6 Å². The number of halogens is 2. The van der Waals surface area contributed by atoms with Gasteiger partial charge in [0, 0.05) is 32.7 Å². The fourth-order valence-electron chi connectivity index (χ4n) is 3.07. The van der Waals surface area contributed by atoms with Gasteiger partial charge in [-0.3, -0.25) is 9.69 Å². The van der Waals surface area contributed by atoms with Gasteiger partial charge in [-0.15, -0.1) is 0 Å². The lowest BCUT2D eigenvalue weighted by Crippen LogP contribution is -2.57. The Bertz CT molecular complexity index is 561. The summed E-state index contributed by atoms with van der Waals surface area (Å²) in [6, 6.07) is 4.26. The maximum atomic E-state index is 13.9. The second-order valence-corrected chi connectivity index (χ2v) is 6.72. The number of amides is 1. The molecule has 0 atom stereocenters. The SMILES string of the molecule is O=C(c1c(F)cccc1Cl)N1CCN(CC2(CO)COC2)CC1. The number of aliphatic hydroxyl groups is 1. The lowest BCUT2D eigenvalue weighted by molar-refractivity contribution is -0.150. The van der Waals surface area contributed by atoms with Crippen LogP contribution in [-0.2, 0) is 4.74 Å². The summed E-state index contributed by atoms with van der Waals surface area (Å²) in [6.07, 6.45) is 0. The molecule has 7 heteroatoms. The zero-order valence-electron chi connectivity index (χ0n) is 12.8. The van der Waals surface area contributed by atoms with Crippen LogP contribution < -0.4 is 0 Å². The molecule has 0 unspecified atom stereocenters. The number of hydrogen-bond acceptors (Lipinski definition) is 4. The van der Waals surface area contributed by atoms with Crippen molar-refractivity contribution in [1.29, 1.82) is 0 Å². The maximum Gasteiger partial charge on any atom is 0.258 e. The van der Waals surface area contributed by atoms with E-state index in [-0.39, 0.29) is 28.5 Å². The Morgan fingerprint density at radius 2 is 2.00 bits per heavy atom. The topological polar surface area (TPSA) is 53.0 Å². The first-order valence-electron chi connectivity index (χ1n) is 7.69. The summed E-state index contributed by atoms with van der Waals surface area (Å²) in [5, 5.41) is 9.63. The number of aliphatic hydroxyl groups excluding tert-OH is 1. The molecule has 1 amide bonds. The highest BCUT2D eigenvalue weighted by Gasteiger charge is 2.40. The average Bonchev–Trinajstić information content (AvgIpc) is 2.51. The Kier molecular flexibility index (Phi) is 4.87. The van der Waals surface area contributed by atoms with Crippen molar-refractivity contribution >= 4 is 17.5 Å². The van der Waals surface area contributed by atoms with Gasteiger partial charge in [-0.25, -0.2) is 4.39 Å². The molecule has 1 N–H and O–H groups in total. The van der Waals surface area contributed by atoms with Crippen LogP contribution in [-0.4, -0.2) is 73.4 Å². The Hall–Kier alpha value is -1.21. The zero-order chi connectivity index (χ0) is 16.4. The molecular weight excluding hydrogens is 323 g/mol. The number of hydrogen-bond donors (Lipinski definition) is 1. The minimum Gasteiger partial charge on any atom is -0.396 e. The number of carbonyl (C=O) groups excluding carboxylic acids is 1. The summed E-state index contributed by atoms with van der Waals surface area (Å²) in [6.45, 7) is 4.45. The first-order chi connectivity index (χ1) is 11.0. The highest BCUT2D eigenvalue weighted by molar-refractivity contribution is 6.33.